The molecule has 1 aliphatic rings. The average molecular weight is 474 g/mol. The van der Waals surface area contributed by atoms with Gasteiger partial charge in [-0.25, -0.2) is 18.2 Å². The summed E-state index contributed by atoms with van der Waals surface area (Å²) in [5.41, 5.74) is 2.73. The van der Waals surface area contributed by atoms with Crippen LogP contribution < -0.4 is 30.0 Å². The van der Waals surface area contributed by atoms with E-state index in [2.05, 4.69) is 93.4 Å². The van der Waals surface area contributed by atoms with E-state index in [1.165, 1.54) is 11.1 Å². The predicted molar refractivity (Wildman–Crippen MR) is 102 cm³/mol. The number of fused-ring (bicyclic) bond motifs is 1. The quantitative estimate of drug-likeness (QED) is 0.351. The van der Waals surface area contributed by atoms with E-state index >= 15 is 0 Å². The summed E-state index contributed by atoms with van der Waals surface area (Å²) in [7, 11) is -0.231. The van der Waals surface area contributed by atoms with E-state index in [-0.39, 0.29) is 51.0 Å². The molecule has 2 aromatic carbocycles. The van der Waals surface area contributed by atoms with Gasteiger partial charge in [0.1, 0.15) is 0 Å². The molecular weight excluding hydrogens is 447 g/mol. The minimum absolute atomic E-state index is 0. The van der Waals surface area contributed by atoms with Crippen molar-refractivity contribution < 1.29 is 51.0 Å². The van der Waals surface area contributed by atoms with Gasteiger partial charge in [0.05, 0.1) is 0 Å². The van der Waals surface area contributed by atoms with E-state index in [1.54, 1.807) is 5.19 Å². The molecule has 0 aliphatic heterocycles. The van der Waals surface area contributed by atoms with Gasteiger partial charge >= 0.3 is 26.2 Å². The maximum atomic E-state index is 3.16. The standard InChI is InChI=1S/C9H7.C8H13Si.C2H7Si.2ClH.Zr/c1-2-5-9-7-3-6-8(9)4-1;1-9(2,3)8-6-4-5-7-8;1-3-2;;;/h1-2,4-6H,7H2;4-7H,1-3H3;3H,1-2H3;2*1H;/q2*-1;;;;+4/p-2. The summed E-state index contributed by atoms with van der Waals surface area (Å²) in [6, 6.07) is 17.1. The molecule has 0 amide bonds. The number of allylic oxidation sites excluding steroid dienone is 1. The molecule has 5 heteroatoms. The second-order valence-electron chi connectivity index (χ2n) is 6.22. The molecule has 129 valence electrons. The third-order valence-corrected chi connectivity index (χ3v) is 5.20. The molecule has 0 atom stereocenters. The molecule has 0 heterocycles. The van der Waals surface area contributed by atoms with Crippen LogP contribution in [0.25, 0.3) is 6.08 Å². The maximum absolute atomic E-state index is 3.16. The van der Waals surface area contributed by atoms with Gasteiger partial charge in [-0.05, 0) is 0 Å². The van der Waals surface area contributed by atoms with Crippen molar-refractivity contribution in [1.82, 2.24) is 0 Å². The predicted octanol–water partition coefficient (Wildman–Crippen LogP) is -1.47. The number of hydrogen-bond acceptors (Lipinski definition) is 0. The van der Waals surface area contributed by atoms with Crippen molar-refractivity contribution in [3.63, 3.8) is 0 Å². The Hall–Kier alpha value is 0.207. The van der Waals surface area contributed by atoms with Crippen LogP contribution >= 0.6 is 0 Å². The summed E-state index contributed by atoms with van der Waals surface area (Å²) in [4.78, 5) is 0. The van der Waals surface area contributed by atoms with Crippen LogP contribution in [0.1, 0.15) is 11.1 Å². The van der Waals surface area contributed by atoms with Gasteiger partial charge in [0, 0.05) is 17.6 Å². The van der Waals surface area contributed by atoms with Crippen molar-refractivity contribution in [3.05, 3.63) is 65.7 Å². The van der Waals surface area contributed by atoms with Crippen molar-refractivity contribution in [2.24, 2.45) is 0 Å². The van der Waals surface area contributed by atoms with Crippen LogP contribution in [0.4, 0.5) is 0 Å². The molecule has 0 nitrogen and oxygen atoms in total. The zero-order valence-corrected chi connectivity index (χ0v) is 21.4. The van der Waals surface area contributed by atoms with Crippen LogP contribution in [0.5, 0.6) is 0 Å². The normalized spacial score (nSPS) is 10.4. The fraction of sp³-hybridized carbons (Fsp3) is 0.316. The first kappa shape index (κ1) is 29.0. The van der Waals surface area contributed by atoms with E-state index in [4.69, 9.17) is 0 Å². The second-order valence-corrected chi connectivity index (χ2v) is 12.5. The molecule has 0 bridgehead atoms. The van der Waals surface area contributed by atoms with Gasteiger partial charge < -0.3 is 24.8 Å². The van der Waals surface area contributed by atoms with Crippen LogP contribution in [-0.4, -0.2) is 17.6 Å². The van der Waals surface area contributed by atoms with E-state index < -0.39 is 8.07 Å². The van der Waals surface area contributed by atoms with Crippen molar-refractivity contribution >= 4 is 28.9 Å². The third kappa shape index (κ3) is 10.9. The Balaban J connectivity index is -0.000000286. The molecule has 0 saturated carbocycles. The molecule has 3 rings (SSSR count). The van der Waals surface area contributed by atoms with E-state index in [9.17, 15) is 0 Å². The Labute approximate surface area is 183 Å². The van der Waals surface area contributed by atoms with Crippen molar-refractivity contribution in [1.29, 1.82) is 0 Å². The smallest absolute Gasteiger partial charge is 1.00 e. The van der Waals surface area contributed by atoms with Gasteiger partial charge in [0.15, 0.2) is 0 Å². The van der Waals surface area contributed by atoms with E-state index in [0.29, 0.717) is 0 Å². The van der Waals surface area contributed by atoms with Gasteiger partial charge in [0.25, 0.3) is 0 Å². The zero-order valence-electron chi connectivity index (χ0n) is 15.2. The van der Waals surface area contributed by atoms with Crippen molar-refractivity contribution in [3.8, 4) is 0 Å². The first-order chi connectivity index (χ1) is 9.99. The van der Waals surface area contributed by atoms with Gasteiger partial charge in [-0.15, -0.1) is 18.1 Å². The number of halogens is 2. The summed E-state index contributed by atoms with van der Waals surface area (Å²) < 4.78 is 0. The first-order valence-electron chi connectivity index (χ1n) is 7.59. The fourth-order valence-corrected chi connectivity index (χ4v) is 3.17. The number of rotatable bonds is 1. The molecule has 24 heavy (non-hydrogen) atoms. The van der Waals surface area contributed by atoms with Gasteiger partial charge in [-0.1, -0.05) is 50.9 Å². The zero-order chi connectivity index (χ0) is 15.7. The molecule has 0 unspecified atom stereocenters. The SMILES string of the molecule is C[SiH]C.C[Si](C)(C)[c-]1cccc1.[C-]1=Cc2ccccc2C1.[Cl-].[Cl-].[Zr+4]. The molecule has 2 aromatic rings. The minimum Gasteiger partial charge on any atom is -1.00 e. The largest absolute Gasteiger partial charge is 4.00 e. The maximum Gasteiger partial charge on any atom is 4.00 e. The molecule has 0 aromatic heterocycles. The van der Waals surface area contributed by atoms with Gasteiger partial charge in [-0.2, -0.15) is 22.9 Å². The Bertz CT molecular complexity index is 547. The van der Waals surface area contributed by atoms with Crippen molar-refractivity contribution in [2.45, 2.75) is 39.2 Å². The minimum atomic E-state index is -0.981. The molecular formula is C19H27Cl2Si2Zr. The monoisotopic (exact) mass is 471 g/mol. The molecule has 0 fully saturated rings. The fourth-order valence-electron chi connectivity index (χ4n) is 1.98. The van der Waals surface area contributed by atoms with E-state index in [0.717, 1.165) is 15.9 Å². The molecule has 0 N–H and O–H groups in total. The summed E-state index contributed by atoms with van der Waals surface area (Å²) in [6.45, 7) is 11.5. The Morgan fingerprint density at radius 1 is 0.958 bits per heavy atom. The van der Waals surface area contributed by atoms with Crippen molar-refractivity contribution in [2.75, 3.05) is 0 Å². The number of benzene rings is 1. The average Bonchev–Trinajstić information content (AvgIpc) is 3.11. The molecule has 0 saturated heterocycles. The second kappa shape index (κ2) is 15.5. The molecule has 0 spiro atoms. The Kier molecular flexibility index (Phi) is 18.7. The Morgan fingerprint density at radius 3 is 1.88 bits per heavy atom. The summed E-state index contributed by atoms with van der Waals surface area (Å²) in [5, 5.41) is 1.56. The third-order valence-electron chi connectivity index (χ3n) is 3.13. The topological polar surface area (TPSA) is 0 Å². The Morgan fingerprint density at radius 2 is 1.46 bits per heavy atom. The summed E-state index contributed by atoms with van der Waals surface area (Å²) in [5.74, 6) is 0. The molecule has 1 radical (unpaired) electrons. The van der Waals surface area contributed by atoms with Gasteiger partial charge in [0.2, 0.25) is 0 Å². The van der Waals surface area contributed by atoms with Gasteiger partial charge in [-0.3, -0.25) is 6.08 Å². The van der Waals surface area contributed by atoms with Crippen LogP contribution in [0.3, 0.4) is 0 Å². The van der Waals surface area contributed by atoms with Crippen LogP contribution in [0, 0.1) is 6.08 Å². The van der Waals surface area contributed by atoms with Crippen LogP contribution in [0.2, 0.25) is 32.7 Å². The van der Waals surface area contributed by atoms with Crippen LogP contribution in [-0.2, 0) is 32.6 Å². The number of hydrogen-bond donors (Lipinski definition) is 0. The van der Waals surface area contributed by atoms with Crippen LogP contribution in [0.15, 0.2) is 48.5 Å². The van der Waals surface area contributed by atoms with E-state index in [1.807, 2.05) is 0 Å². The first-order valence-corrected chi connectivity index (χ1v) is 13.4. The summed E-state index contributed by atoms with van der Waals surface area (Å²) in [6.07, 6.45) is 6.21. The summed E-state index contributed by atoms with van der Waals surface area (Å²) >= 11 is 0. The molecule has 1 aliphatic carbocycles.